The van der Waals surface area contributed by atoms with Gasteiger partial charge in [0.25, 0.3) is 0 Å². The van der Waals surface area contributed by atoms with Gasteiger partial charge >= 0.3 is 0 Å². The van der Waals surface area contributed by atoms with Gasteiger partial charge in [-0.25, -0.2) is 8.42 Å². The predicted octanol–water partition coefficient (Wildman–Crippen LogP) is 5.00. The first kappa shape index (κ1) is 30.4. The highest BCUT2D eigenvalue weighted by atomic mass is 79.9. The molecule has 0 bridgehead atoms. The van der Waals surface area contributed by atoms with Gasteiger partial charge in [-0.05, 0) is 55.2 Å². The van der Waals surface area contributed by atoms with Crippen LogP contribution in [0.3, 0.4) is 0 Å². The van der Waals surface area contributed by atoms with Gasteiger partial charge in [0.2, 0.25) is 21.8 Å². The number of amides is 2. The monoisotopic (exact) mass is 613 g/mol. The number of nitrogens with zero attached hydrogens (tertiary/aromatic N) is 2. The minimum absolute atomic E-state index is 0.160. The van der Waals surface area contributed by atoms with Gasteiger partial charge in [0, 0.05) is 24.0 Å². The zero-order chi connectivity index (χ0) is 28.6. The van der Waals surface area contributed by atoms with Crippen LogP contribution in [0.15, 0.2) is 77.3 Å². The summed E-state index contributed by atoms with van der Waals surface area (Å²) in [5.74, 6) is -0.735. The number of benzene rings is 3. The van der Waals surface area contributed by atoms with E-state index in [1.54, 1.807) is 18.2 Å². The van der Waals surface area contributed by atoms with Gasteiger partial charge in [0.15, 0.2) is 0 Å². The number of aryl methyl sites for hydroxylation is 2. The average molecular weight is 615 g/mol. The lowest BCUT2D eigenvalue weighted by Gasteiger charge is -2.33. The van der Waals surface area contributed by atoms with Crippen molar-refractivity contribution in [2.45, 2.75) is 46.2 Å². The van der Waals surface area contributed by atoms with Gasteiger partial charge in [-0.1, -0.05) is 83.0 Å². The summed E-state index contributed by atoms with van der Waals surface area (Å²) in [7, 11) is -3.80. The normalized spacial score (nSPS) is 12.0. The topological polar surface area (TPSA) is 86.8 Å². The van der Waals surface area contributed by atoms with Crippen LogP contribution >= 0.6 is 15.9 Å². The minimum Gasteiger partial charge on any atom is -0.354 e. The number of sulfonamides is 1. The molecule has 9 heteroatoms. The number of rotatable bonds is 12. The van der Waals surface area contributed by atoms with E-state index in [0.29, 0.717) is 18.7 Å². The molecule has 1 N–H and O–H groups in total. The molecule has 2 amide bonds. The molecule has 39 heavy (non-hydrogen) atoms. The zero-order valence-corrected chi connectivity index (χ0v) is 25.3. The van der Waals surface area contributed by atoms with E-state index in [0.717, 1.165) is 43.7 Å². The van der Waals surface area contributed by atoms with Crippen molar-refractivity contribution in [3.05, 3.63) is 99.5 Å². The maximum atomic E-state index is 14.0. The molecule has 0 aliphatic heterocycles. The average Bonchev–Trinajstić information content (AvgIpc) is 2.90. The highest BCUT2D eigenvalue weighted by Crippen LogP contribution is 2.25. The van der Waals surface area contributed by atoms with Crippen molar-refractivity contribution in [3.8, 4) is 0 Å². The molecule has 1 unspecified atom stereocenters. The lowest BCUT2D eigenvalue weighted by molar-refractivity contribution is -0.140. The minimum atomic E-state index is -3.80. The lowest BCUT2D eigenvalue weighted by atomic mass is 10.0. The molecule has 3 aromatic rings. The molecule has 0 aliphatic carbocycles. The van der Waals surface area contributed by atoms with Crippen LogP contribution in [0.5, 0.6) is 0 Å². The summed E-state index contributed by atoms with van der Waals surface area (Å²) in [5.41, 5.74) is 4.05. The third kappa shape index (κ3) is 8.66. The molecule has 0 saturated heterocycles. The molecular formula is C30H36BrN3O4S. The Bertz CT molecular complexity index is 1380. The second kappa shape index (κ2) is 13.8. The summed E-state index contributed by atoms with van der Waals surface area (Å²) in [6.07, 6.45) is 2.13. The SMILES string of the molecule is CCCNC(=O)C(Cc1ccccc1)N(Cc1ccc(C)cc1)C(=O)CN(c1ccc(Br)c(C)c1)S(C)(=O)=O. The molecule has 0 heterocycles. The molecule has 3 rings (SSSR count). The zero-order valence-electron chi connectivity index (χ0n) is 22.9. The number of anilines is 1. The molecule has 7 nitrogen and oxygen atoms in total. The van der Waals surface area contributed by atoms with E-state index in [4.69, 9.17) is 0 Å². The van der Waals surface area contributed by atoms with Crippen molar-refractivity contribution >= 4 is 43.5 Å². The Morgan fingerprint density at radius 1 is 0.949 bits per heavy atom. The Kier molecular flexibility index (Phi) is 10.7. The standard InChI is InChI=1S/C30H36BrN3O4S/c1-5-17-32-30(36)28(19-24-9-7-6-8-10-24)33(20-25-13-11-22(2)12-14-25)29(35)21-34(39(4,37)38)26-15-16-27(31)23(3)18-26/h6-16,18,28H,5,17,19-21H2,1-4H3,(H,32,36). The second-order valence-electron chi connectivity index (χ2n) is 9.71. The van der Waals surface area contributed by atoms with E-state index < -0.39 is 28.5 Å². The lowest BCUT2D eigenvalue weighted by Crippen LogP contribution is -2.53. The number of hydrogen-bond donors (Lipinski definition) is 1. The van der Waals surface area contributed by atoms with E-state index in [-0.39, 0.29) is 12.5 Å². The van der Waals surface area contributed by atoms with Crippen molar-refractivity contribution in [2.24, 2.45) is 0 Å². The van der Waals surface area contributed by atoms with Crippen LogP contribution in [-0.2, 0) is 32.6 Å². The molecule has 0 radical (unpaired) electrons. The summed E-state index contributed by atoms with van der Waals surface area (Å²) >= 11 is 3.44. The first-order valence-corrected chi connectivity index (χ1v) is 15.5. The maximum absolute atomic E-state index is 14.0. The highest BCUT2D eigenvalue weighted by molar-refractivity contribution is 9.10. The molecule has 0 aliphatic rings. The molecule has 208 valence electrons. The van der Waals surface area contributed by atoms with Crippen molar-refractivity contribution in [3.63, 3.8) is 0 Å². The van der Waals surface area contributed by atoms with Gasteiger partial charge in [-0.3, -0.25) is 13.9 Å². The summed E-state index contributed by atoms with van der Waals surface area (Å²) in [6.45, 7) is 6.00. The number of hydrogen-bond acceptors (Lipinski definition) is 4. The van der Waals surface area contributed by atoms with Crippen LogP contribution in [0.25, 0.3) is 0 Å². The van der Waals surface area contributed by atoms with E-state index in [1.165, 1.54) is 4.90 Å². The molecule has 3 aromatic carbocycles. The van der Waals surface area contributed by atoms with E-state index >= 15 is 0 Å². The van der Waals surface area contributed by atoms with E-state index in [9.17, 15) is 18.0 Å². The van der Waals surface area contributed by atoms with Crippen molar-refractivity contribution in [1.29, 1.82) is 0 Å². The molecular weight excluding hydrogens is 578 g/mol. The van der Waals surface area contributed by atoms with Crippen molar-refractivity contribution in [1.82, 2.24) is 10.2 Å². The van der Waals surface area contributed by atoms with Gasteiger partial charge in [-0.2, -0.15) is 0 Å². The van der Waals surface area contributed by atoms with Crippen molar-refractivity contribution in [2.75, 3.05) is 23.7 Å². The van der Waals surface area contributed by atoms with Crippen LogP contribution < -0.4 is 9.62 Å². The number of carbonyl (C=O) groups excluding carboxylic acids is 2. The van der Waals surface area contributed by atoms with Crippen LogP contribution in [0, 0.1) is 13.8 Å². The molecule has 0 spiro atoms. The first-order valence-electron chi connectivity index (χ1n) is 12.9. The quantitative estimate of drug-likeness (QED) is 0.311. The van der Waals surface area contributed by atoms with Gasteiger partial charge in [0.1, 0.15) is 12.6 Å². The number of nitrogens with one attached hydrogen (secondary N) is 1. The van der Waals surface area contributed by atoms with E-state index in [2.05, 4.69) is 21.2 Å². The number of carbonyl (C=O) groups is 2. The molecule has 0 saturated carbocycles. The van der Waals surface area contributed by atoms with Crippen molar-refractivity contribution < 1.29 is 18.0 Å². The highest BCUT2D eigenvalue weighted by Gasteiger charge is 2.33. The summed E-state index contributed by atoms with van der Waals surface area (Å²) < 4.78 is 27.7. The molecule has 1 atom stereocenters. The largest absolute Gasteiger partial charge is 0.354 e. The molecule has 0 fully saturated rings. The Balaban J connectivity index is 2.04. The van der Waals surface area contributed by atoms with Crippen LogP contribution in [0.4, 0.5) is 5.69 Å². The summed E-state index contributed by atoms with van der Waals surface area (Å²) in [5, 5.41) is 2.94. The first-order chi connectivity index (χ1) is 18.5. The van der Waals surface area contributed by atoms with Crippen LogP contribution in [0.1, 0.15) is 35.6 Å². The summed E-state index contributed by atoms with van der Waals surface area (Å²) in [4.78, 5) is 29.0. The Hall–Kier alpha value is -3.17. The fourth-order valence-corrected chi connectivity index (χ4v) is 5.30. The third-order valence-electron chi connectivity index (χ3n) is 6.40. The van der Waals surface area contributed by atoms with Crippen LogP contribution in [-0.4, -0.2) is 50.5 Å². The van der Waals surface area contributed by atoms with Gasteiger partial charge in [0.05, 0.1) is 11.9 Å². The second-order valence-corrected chi connectivity index (χ2v) is 12.5. The Labute approximate surface area is 240 Å². The van der Waals surface area contributed by atoms with Gasteiger partial charge < -0.3 is 10.2 Å². The van der Waals surface area contributed by atoms with Crippen LogP contribution in [0.2, 0.25) is 0 Å². The fourth-order valence-electron chi connectivity index (χ4n) is 4.21. The maximum Gasteiger partial charge on any atom is 0.244 e. The Morgan fingerprint density at radius 2 is 1.62 bits per heavy atom. The predicted molar refractivity (Wildman–Crippen MR) is 160 cm³/mol. The third-order valence-corrected chi connectivity index (χ3v) is 8.43. The van der Waals surface area contributed by atoms with E-state index in [1.807, 2.05) is 75.4 Å². The number of halogens is 1. The molecule has 0 aromatic heterocycles. The van der Waals surface area contributed by atoms with Gasteiger partial charge in [-0.15, -0.1) is 0 Å². The smallest absolute Gasteiger partial charge is 0.244 e. The summed E-state index contributed by atoms with van der Waals surface area (Å²) in [6, 6.07) is 21.6. The fraction of sp³-hybridized carbons (Fsp3) is 0.333. The Morgan fingerprint density at radius 3 is 2.21 bits per heavy atom.